The van der Waals surface area contributed by atoms with Crippen LogP contribution < -0.4 is 0 Å². The van der Waals surface area contributed by atoms with Gasteiger partial charge in [-0.2, -0.15) is 13.2 Å². The first kappa shape index (κ1) is 17.5. The molecule has 6 nitrogen and oxygen atoms in total. The summed E-state index contributed by atoms with van der Waals surface area (Å²) in [5.74, 6) is -0.193. The average Bonchev–Trinajstić information content (AvgIpc) is 2.97. The summed E-state index contributed by atoms with van der Waals surface area (Å²) in [5.41, 5.74) is -0.377. The molecule has 0 bridgehead atoms. The van der Waals surface area contributed by atoms with Gasteiger partial charge in [0, 0.05) is 38.6 Å². The lowest BCUT2D eigenvalue weighted by molar-refractivity contribution is -0.138. The van der Waals surface area contributed by atoms with Gasteiger partial charge in [0.05, 0.1) is 22.7 Å². The topological polar surface area (TPSA) is 57.9 Å². The third kappa shape index (κ3) is 3.71. The maximum Gasteiger partial charge on any atom is 0.417 e. The van der Waals surface area contributed by atoms with Crippen molar-refractivity contribution < 1.29 is 22.8 Å². The van der Waals surface area contributed by atoms with Gasteiger partial charge in [-0.3, -0.25) is 9.59 Å². The molecule has 2 amide bonds. The fourth-order valence-corrected chi connectivity index (χ4v) is 2.95. The second-order valence-corrected chi connectivity index (χ2v) is 6.14. The summed E-state index contributed by atoms with van der Waals surface area (Å²) in [7, 11) is 0. The SMILES string of the molecule is O=CN1CCN(C(=O)Cc2cn3cc(C(F)(F)F)cc(Cl)c3n2)CC1. The maximum absolute atomic E-state index is 12.8. The van der Waals surface area contributed by atoms with E-state index in [9.17, 15) is 22.8 Å². The molecule has 0 radical (unpaired) electrons. The number of alkyl halides is 3. The van der Waals surface area contributed by atoms with Crippen molar-refractivity contribution in [2.24, 2.45) is 0 Å². The van der Waals surface area contributed by atoms with Crippen molar-refractivity contribution in [1.82, 2.24) is 19.2 Å². The van der Waals surface area contributed by atoms with E-state index in [0.29, 0.717) is 31.9 Å². The molecule has 2 aromatic heterocycles. The van der Waals surface area contributed by atoms with E-state index in [2.05, 4.69) is 4.98 Å². The van der Waals surface area contributed by atoms with Gasteiger partial charge in [-0.05, 0) is 6.07 Å². The Kier molecular flexibility index (Phi) is 4.59. The zero-order chi connectivity index (χ0) is 18.2. The van der Waals surface area contributed by atoms with E-state index in [-0.39, 0.29) is 23.0 Å². The van der Waals surface area contributed by atoms with Crippen molar-refractivity contribution >= 4 is 29.6 Å². The molecule has 25 heavy (non-hydrogen) atoms. The molecule has 0 aliphatic carbocycles. The quantitative estimate of drug-likeness (QED) is 0.770. The molecule has 0 N–H and O–H groups in total. The maximum atomic E-state index is 12.8. The molecule has 3 rings (SSSR count). The number of aromatic nitrogens is 2. The molecule has 0 atom stereocenters. The molecule has 3 heterocycles. The number of pyridine rings is 1. The van der Waals surface area contributed by atoms with Crippen LogP contribution in [0, 0.1) is 0 Å². The van der Waals surface area contributed by atoms with Gasteiger partial charge in [-0.25, -0.2) is 4.98 Å². The van der Waals surface area contributed by atoms with Gasteiger partial charge < -0.3 is 14.2 Å². The van der Waals surface area contributed by atoms with Gasteiger partial charge in [0.25, 0.3) is 0 Å². The Bertz CT molecular complexity index is 813. The highest BCUT2D eigenvalue weighted by atomic mass is 35.5. The van der Waals surface area contributed by atoms with Crippen LogP contribution in [0.5, 0.6) is 0 Å². The molecular formula is C15H14ClF3N4O2. The van der Waals surface area contributed by atoms with Crippen LogP contribution in [-0.4, -0.2) is 57.7 Å². The molecule has 0 spiro atoms. The van der Waals surface area contributed by atoms with Crippen LogP contribution in [0.4, 0.5) is 13.2 Å². The van der Waals surface area contributed by atoms with Gasteiger partial charge in [0.2, 0.25) is 12.3 Å². The highest BCUT2D eigenvalue weighted by molar-refractivity contribution is 6.33. The van der Waals surface area contributed by atoms with Crippen LogP contribution >= 0.6 is 11.6 Å². The van der Waals surface area contributed by atoms with Crippen LogP contribution in [0.2, 0.25) is 5.02 Å². The highest BCUT2D eigenvalue weighted by Crippen LogP contribution is 2.32. The zero-order valence-corrected chi connectivity index (χ0v) is 13.7. The third-order valence-electron chi connectivity index (χ3n) is 4.03. The lowest BCUT2D eigenvalue weighted by atomic mass is 10.2. The molecule has 10 heteroatoms. The number of carbonyl (C=O) groups is 2. The van der Waals surface area contributed by atoms with Crippen molar-refractivity contribution in [3.63, 3.8) is 0 Å². The number of nitrogens with zero attached hydrogens (tertiary/aromatic N) is 4. The van der Waals surface area contributed by atoms with Crippen LogP contribution in [0.1, 0.15) is 11.3 Å². The number of hydrogen-bond acceptors (Lipinski definition) is 3. The first-order valence-corrected chi connectivity index (χ1v) is 7.87. The van der Waals surface area contributed by atoms with E-state index in [0.717, 1.165) is 18.7 Å². The first-order valence-electron chi connectivity index (χ1n) is 7.49. The Hall–Kier alpha value is -2.29. The number of hydrogen-bond donors (Lipinski definition) is 0. The summed E-state index contributed by atoms with van der Waals surface area (Å²) in [4.78, 5) is 30.3. The van der Waals surface area contributed by atoms with Crippen molar-refractivity contribution in [3.05, 3.63) is 34.7 Å². The Morgan fingerprint density at radius 1 is 1.24 bits per heavy atom. The number of carbonyl (C=O) groups excluding carboxylic acids is 2. The molecule has 134 valence electrons. The van der Waals surface area contributed by atoms with Gasteiger partial charge >= 0.3 is 6.18 Å². The summed E-state index contributed by atoms with van der Waals surface area (Å²) in [6, 6.07) is 0.814. The van der Waals surface area contributed by atoms with Crippen LogP contribution in [0.15, 0.2) is 18.5 Å². The Morgan fingerprint density at radius 3 is 2.52 bits per heavy atom. The summed E-state index contributed by atoms with van der Waals surface area (Å²) in [5, 5.41) is -0.131. The zero-order valence-electron chi connectivity index (χ0n) is 13.0. The standard InChI is InChI=1S/C15H14ClF3N4O2/c16-12-5-10(15(17,18)19)7-23-8-11(20-14(12)23)6-13(25)22-3-1-21(9-24)2-4-22/h5,7-9H,1-4,6H2. The lowest BCUT2D eigenvalue weighted by Gasteiger charge is -2.32. The molecule has 0 saturated carbocycles. The Labute approximate surface area is 145 Å². The number of amides is 2. The van der Waals surface area contributed by atoms with Crippen molar-refractivity contribution in [1.29, 1.82) is 0 Å². The molecule has 1 fully saturated rings. The highest BCUT2D eigenvalue weighted by Gasteiger charge is 2.32. The molecule has 0 aromatic carbocycles. The molecule has 1 aliphatic rings. The monoisotopic (exact) mass is 374 g/mol. The van der Waals surface area contributed by atoms with E-state index in [1.165, 1.54) is 10.6 Å². The van der Waals surface area contributed by atoms with Gasteiger partial charge in [0.15, 0.2) is 5.65 Å². The van der Waals surface area contributed by atoms with Crippen molar-refractivity contribution in [2.75, 3.05) is 26.2 Å². The minimum Gasteiger partial charge on any atom is -0.342 e. The summed E-state index contributed by atoms with van der Waals surface area (Å²) in [6.07, 6.45) is -1.55. The van der Waals surface area contributed by atoms with E-state index in [1.807, 2.05) is 0 Å². The Balaban J connectivity index is 1.77. The van der Waals surface area contributed by atoms with E-state index in [4.69, 9.17) is 11.6 Å². The summed E-state index contributed by atoms with van der Waals surface area (Å²) >= 11 is 5.88. The van der Waals surface area contributed by atoms with Gasteiger partial charge in [-0.1, -0.05) is 11.6 Å². The lowest BCUT2D eigenvalue weighted by Crippen LogP contribution is -2.48. The summed E-state index contributed by atoms with van der Waals surface area (Å²) in [6.45, 7) is 1.76. The van der Waals surface area contributed by atoms with Gasteiger partial charge in [0.1, 0.15) is 0 Å². The van der Waals surface area contributed by atoms with E-state index >= 15 is 0 Å². The number of halogens is 4. The molecular weight excluding hydrogens is 361 g/mol. The van der Waals surface area contributed by atoms with E-state index < -0.39 is 11.7 Å². The second kappa shape index (κ2) is 6.55. The fraction of sp³-hybridized carbons (Fsp3) is 0.400. The van der Waals surface area contributed by atoms with Crippen molar-refractivity contribution in [3.8, 4) is 0 Å². The predicted octanol–water partition coefficient (Wildman–Crippen LogP) is 1.85. The van der Waals surface area contributed by atoms with E-state index in [1.54, 1.807) is 9.80 Å². The van der Waals surface area contributed by atoms with Crippen LogP contribution in [0.25, 0.3) is 5.65 Å². The fourth-order valence-electron chi connectivity index (χ4n) is 2.69. The number of piperazine rings is 1. The predicted molar refractivity (Wildman–Crippen MR) is 83.1 cm³/mol. The van der Waals surface area contributed by atoms with Crippen molar-refractivity contribution in [2.45, 2.75) is 12.6 Å². The second-order valence-electron chi connectivity index (χ2n) is 5.74. The minimum absolute atomic E-state index is 0.0412. The largest absolute Gasteiger partial charge is 0.417 e. The van der Waals surface area contributed by atoms with Crippen LogP contribution in [0.3, 0.4) is 0 Å². The average molecular weight is 375 g/mol. The summed E-state index contributed by atoms with van der Waals surface area (Å²) < 4.78 is 39.7. The third-order valence-corrected chi connectivity index (χ3v) is 4.31. The number of imidazole rings is 1. The minimum atomic E-state index is -4.52. The van der Waals surface area contributed by atoms with Crippen LogP contribution in [-0.2, 0) is 22.2 Å². The molecule has 0 unspecified atom stereocenters. The van der Waals surface area contributed by atoms with Gasteiger partial charge in [-0.15, -0.1) is 0 Å². The number of fused-ring (bicyclic) bond motifs is 1. The Morgan fingerprint density at radius 2 is 1.92 bits per heavy atom. The normalized spacial score (nSPS) is 15.7. The molecule has 1 aliphatic heterocycles. The first-order chi connectivity index (χ1) is 11.8. The smallest absolute Gasteiger partial charge is 0.342 e. The number of rotatable bonds is 3. The molecule has 2 aromatic rings. The molecule has 1 saturated heterocycles.